The third kappa shape index (κ3) is 4.75. The van der Waals surface area contributed by atoms with Crippen LogP contribution in [-0.2, 0) is 11.3 Å². The molecular formula is C20H25N5O4. The highest BCUT2D eigenvalue weighted by Crippen LogP contribution is 2.32. The summed E-state index contributed by atoms with van der Waals surface area (Å²) >= 11 is 0. The Morgan fingerprint density at radius 1 is 1.14 bits per heavy atom. The van der Waals surface area contributed by atoms with E-state index in [1.165, 1.54) is 5.56 Å². The molecule has 1 saturated heterocycles. The second kappa shape index (κ2) is 9.06. The molecule has 9 nitrogen and oxygen atoms in total. The zero-order chi connectivity index (χ0) is 20.1. The number of ether oxygens (including phenoxy) is 3. The number of amides is 1. The lowest BCUT2D eigenvalue weighted by Gasteiger charge is -2.34. The molecule has 2 aliphatic rings. The van der Waals surface area contributed by atoms with Crippen LogP contribution >= 0.6 is 0 Å². The molecule has 0 aliphatic carbocycles. The van der Waals surface area contributed by atoms with Gasteiger partial charge in [-0.1, -0.05) is 6.07 Å². The molecule has 2 aromatic rings. The molecule has 1 fully saturated rings. The van der Waals surface area contributed by atoms with Gasteiger partial charge in [-0.3, -0.25) is 9.69 Å². The van der Waals surface area contributed by atoms with Gasteiger partial charge in [0, 0.05) is 58.8 Å². The number of nitrogens with one attached hydrogen (secondary N) is 1. The fourth-order valence-corrected chi connectivity index (χ4v) is 3.37. The van der Waals surface area contributed by atoms with Crippen molar-refractivity contribution in [2.24, 2.45) is 0 Å². The maximum atomic E-state index is 12.0. The third-order valence-corrected chi connectivity index (χ3v) is 4.99. The number of rotatable bonds is 7. The topological polar surface area (TPSA) is 89.1 Å². The zero-order valence-corrected chi connectivity index (χ0v) is 16.5. The molecule has 2 aliphatic heterocycles. The third-order valence-electron chi connectivity index (χ3n) is 4.99. The first-order valence-electron chi connectivity index (χ1n) is 9.68. The van der Waals surface area contributed by atoms with Gasteiger partial charge >= 0.3 is 0 Å². The first-order valence-corrected chi connectivity index (χ1v) is 9.68. The highest BCUT2D eigenvalue weighted by Gasteiger charge is 2.20. The molecule has 0 saturated carbocycles. The standard InChI is InChI=1S/C20H25N5O4/c1-27-9-4-21-19(26)16-11-22-20(23-12-16)25-7-5-24(6-8-25)13-15-2-3-17-18(10-15)29-14-28-17/h2-3,10-12H,4-9,13-14H2,1H3,(H,21,26). The first kappa shape index (κ1) is 19.4. The van der Waals surface area contributed by atoms with Crippen molar-refractivity contribution in [1.29, 1.82) is 0 Å². The van der Waals surface area contributed by atoms with Crippen LogP contribution < -0.4 is 19.7 Å². The molecule has 0 atom stereocenters. The van der Waals surface area contributed by atoms with Crippen LogP contribution in [0.3, 0.4) is 0 Å². The van der Waals surface area contributed by atoms with Gasteiger partial charge in [0.2, 0.25) is 12.7 Å². The highest BCUT2D eigenvalue weighted by molar-refractivity contribution is 5.93. The molecule has 154 valence electrons. The summed E-state index contributed by atoms with van der Waals surface area (Å²) in [5.74, 6) is 2.09. The van der Waals surface area contributed by atoms with Crippen LogP contribution in [0.25, 0.3) is 0 Å². The normalized spacial score (nSPS) is 16.1. The Kier molecular flexibility index (Phi) is 6.06. The van der Waals surface area contributed by atoms with Gasteiger partial charge < -0.3 is 24.4 Å². The van der Waals surface area contributed by atoms with Gasteiger partial charge in [0.25, 0.3) is 5.91 Å². The van der Waals surface area contributed by atoms with Crippen LogP contribution in [0.1, 0.15) is 15.9 Å². The van der Waals surface area contributed by atoms with Gasteiger partial charge in [0.05, 0.1) is 12.2 Å². The number of anilines is 1. The van der Waals surface area contributed by atoms with Crippen LogP contribution in [0, 0.1) is 0 Å². The van der Waals surface area contributed by atoms with Crippen molar-refractivity contribution in [1.82, 2.24) is 20.2 Å². The lowest BCUT2D eigenvalue weighted by atomic mass is 10.1. The SMILES string of the molecule is COCCNC(=O)c1cnc(N2CCN(Cc3ccc4c(c3)OCO4)CC2)nc1. The van der Waals surface area contributed by atoms with E-state index in [1.807, 2.05) is 12.1 Å². The number of fused-ring (bicyclic) bond motifs is 1. The minimum atomic E-state index is -0.192. The maximum absolute atomic E-state index is 12.0. The Bertz CT molecular complexity index is 837. The molecular weight excluding hydrogens is 374 g/mol. The molecule has 4 rings (SSSR count). The predicted octanol–water partition coefficient (Wildman–Crippen LogP) is 0.904. The monoisotopic (exact) mass is 399 g/mol. The summed E-state index contributed by atoms with van der Waals surface area (Å²) in [5.41, 5.74) is 1.66. The Labute approximate surface area is 169 Å². The van der Waals surface area contributed by atoms with Gasteiger partial charge in [-0.05, 0) is 17.7 Å². The van der Waals surface area contributed by atoms with E-state index in [1.54, 1.807) is 19.5 Å². The second-order valence-electron chi connectivity index (χ2n) is 6.97. The van der Waals surface area contributed by atoms with Crippen LogP contribution in [0.15, 0.2) is 30.6 Å². The van der Waals surface area contributed by atoms with Crippen molar-refractivity contribution in [2.45, 2.75) is 6.54 Å². The number of hydrogen-bond acceptors (Lipinski definition) is 8. The average molecular weight is 399 g/mol. The van der Waals surface area contributed by atoms with Crippen LogP contribution in [0.5, 0.6) is 11.5 Å². The van der Waals surface area contributed by atoms with Gasteiger partial charge in [0.15, 0.2) is 11.5 Å². The summed E-state index contributed by atoms with van der Waals surface area (Å²) in [6.07, 6.45) is 3.15. The lowest BCUT2D eigenvalue weighted by molar-refractivity contribution is 0.0936. The lowest BCUT2D eigenvalue weighted by Crippen LogP contribution is -2.46. The Hall–Kier alpha value is -2.91. The molecule has 29 heavy (non-hydrogen) atoms. The van der Waals surface area contributed by atoms with E-state index in [-0.39, 0.29) is 5.91 Å². The summed E-state index contributed by atoms with van der Waals surface area (Å²) in [6.45, 7) is 5.60. The molecule has 1 N–H and O–H groups in total. The van der Waals surface area contributed by atoms with Crippen molar-refractivity contribution in [3.8, 4) is 11.5 Å². The second-order valence-corrected chi connectivity index (χ2v) is 6.97. The van der Waals surface area contributed by atoms with Gasteiger partial charge in [0.1, 0.15) is 0 Å². The van der Waals surface area contributed by atoms with Gasteiger partial charge in [-0.25, -0.2) is 9.97 Å². The van der Waals surface area contributed by atoms with Crippen molar-refractivity contribution >= 4 is 11.9 Å². The Balaban J connectivity index is 1.27. The smallest absolute Gasteiger partial charge is 0.254 e. The van der Waals surface area contributed by atoms with Crippen molar-refractivity contribution in [3.05, 3.63) is 41.7 Å². The number of carbonyl (C=O) groups is 1. The predicted molar refractivity (Wildman–Crippen MR) is 106 cm³/mol. The van der Waals surface area contributed by atoms with E-state index in [2.05, 4.69) is 31.2 Å². The maximum Gasteiger partial charge on any atom is 0.254 e. The zero-order valence-electron chi connectivity index (χ0n) is 16.5. The van der Waals surface area contributed by atoms with E-state index in [0.717, 1.165) is 44.2 Å². The molecule has 1 aromatic carbocycles. The average Bonchev–Trinajstić information content (AvgIpc) is 3.22. The van der Waals surface area contributed by atoms with E-state index in [0.29, 0.717) is 31.5 Å². The van der Waals surface area contributed by atoms with E-state index >= 15 is 0 Å². The van der Waals surface area contributed by atoms with E-state index in [9.17, 15) is 4.79 Å². The van der Waals surface area contributed by atoms with Gasteiger partial charge in [-0.2, -0.15) is 0 Å². The number of carbonyl (C=O) groups excluding carboxylic acids is 1. The molecule has 0 bridgehead atoms. The molecule has 1 amide bonds. The molecule has 0 spiro atoms. The summed E-state index contributed by atoms with van der Waals surface area (Å²) in [7, 11) is 1.60. The van der Waals surface area contributed by atoms with Crippen molar-refractivity contribution < 1.29 is 19.0 Å². The quantitative estimate of drug-likeness (QED) is 0.687. The largest absolute Gasteiger partial charge is 0.454 e. The Morgan fingerprint density at radius 2 is 1.90 bits per heavy atom. The number of aromatic nitrogens is 2. The minimum Gasteiger partial charge on any atom is -0.454 e. The van der Waals surface area contributed by atoms with Crippen LogP contribution in [0.4, 0.5) is 5.95 Å². The molecule has 0 radical (unpaired) electrons. The Morgan fingerprint density at radius 3 is 2.66 bits per heavy atom. The summed E-state index contributed by atoms with van der Waals surface area (Å²) in [4.78, 5) is 25.3. The van der Waals surface area contributed by atoms with Crippen LogP contribution in [0.2, 0.25) is 0 Å². The molecule has 0 unspecified atom stereocenters. The summed E-state index contributed by atoms with van der Waals surface area (Å²) in [5, 5.41) is 2.76. The van der Waals surface area contributed by atoms with Gasteiger partial charge in [-0.15, -0.1) is 0 Å². The fraction of sp³-hybridized carbons (Fsp3) is 0.450. The highest BCUT2D eigenvalue weighted by atomic mass is 16.7. The molecule has 9 heteroatoms. The molecule has 1 aromatic heterocycles. The number of nitrogens with zero attached hydrogens (tertiary/aromatic N) is 4. The van der Waals surface area contributed by atoms with Crippen LogP contribution in [-0.4, -0.2) is 74.0 Å². The van der Waals surface area contributed by atoms with Crippen molar-refractivity contribution in [3.63, 3.8) is 0 Å². The van der Waals surface area contributed by atoms with Crippen molar-refractivity contribution in [2.75, 3.05) is 58.1 Å². The summed E-state index contributed by atoms with van der Waals surface area (Å²) < 4.78 is 15.7. The number of benzene rings is 1. The molecule has 3 heterocycles. The summed E-state index contributed by atoms with van der Waals surface area (Å²) in [6, 6.07) is 6.10. The fourth-order valence-electron chi connectivity index (χ4n) is 3.37. The number of hydrogen-bond donors (Lipinski definition) is 1. The van der Waals surface area contributed by atoms with E-state index in [4.69, 9.17) is 14.2 Å². The number of methoxy groups -OCH3 is 1. The minimum absolute atomic E-state index is 0.192. The van der Waals surface area contributed by atoms with E-state index < -0.39 is 0 Å². The number of piperazine rings is 1. The first-order chi connectivity index (χ1) is 14.2.